The SMILES string of the molecule is COc1ccc2[nH]c(C(=O)N3CCC[C@H](CCc4ccc(F)cc4)C3)c(C)c2c1. The third-order valence-corrected chi connectivity index (χ3v) is 6.04. The van der Waals surface area contributed by atoms with Crippen LogP contribution in [0.2, 0.25) is 0 Å². The highest BCUT2D eigenvalue weighted by Crippen LogP contribution is 2.28. The Bertz CT molecular complexity index is 1010. The van der Waals surface area contributed by atoms with E-state index in [0.717, 1.165) is 66.6 Å². The van der Waals surface area contributed by atoms with Crippen LogP contribution in [0.5, 0.6) is 5.75 Å². The Labute approximate surface area is 170 Å². The quantitative estimate of drug-likeness (QED) is 0.654. The number of carbonyl (C=O) groups excluding carboxylic acids is 1. The predicted molar refractivity (Wildman–Crippen MR) is 113 cm³/mol. The molecule has 1 aliphatic heterocycles. The van der Waals surface area contributed by atoms with Crippen molar-refractivity contribution in [3.8, 4) is 5.75 Å². The number of hydrogen-bond donors (Lipinski definition) is 1. The maximum Gasteiger partial charge on any atom is 0.270 e. The van der Waals surface area contributed by atoms with Gasteiger partial charge in [0.1, 0.15) is 17.3 Å². The van der Waals surface area contributed by atoms with E-state index >= 15 is 0 Å². The van der Waals surface area contributed by atoms with Gasteiger partial charge in [-0.1, -0.05) is 12.1 Å². The predicted octanol–water partition coefficient (Wildman–Crippen LogP) is 5.11. The summed E-state index contributed by atoms with van der Waals surface area (Å²) in [7, 11) is 1.65. The number of methoxy groups -OCH3 is 1. The highest BCUT2D eigenvalue weighted by atomic mass is 19.1. The second-order valence-corrected chi connectivity index (χ2v) is 7.96. The van der Waals surface area contributed by atoms with Crippen LogP contribution >= 0.6 is 0 Å². The summed E-state index contributed by atoms with van der Waals surface area (Å²) in [5, 5.41) is 1.03. The molecule has 0 saturated carbocycles. The van der Waals surface area contributed by atoms with Crippen LogP contribution in [0.15, 0.2) is 42.5 Å². The van der Waals surface area contributed by atoms with Crippen molar-refractivity contribution in [2.75, 3.05) is 20.2 Å². The monoisotopic (exact) mass is 394 g/mol. The van der Waals surface area contributed by atoms with E-state index in [4.69, 9.17) is 4.74 Å². The van der Waals surface area contributed by atoms with Crippen molar-refractivity contribution < 1.29 is 13.9 Å². The van der Waals surface area contributed by atoms with E-state index in [1.807, 2.05) is 42.2 Å². The molecule has 0 radical (unpaired) electrons. The lowest BCUT2D eigenvalue weighted by Gasteiger charge is -2.32. The Balaban J connectivity index is 1.45. The Morgan fingerprint density at radius 3 is 2.79 bits per heavy atom. The standard InChI is InChI=1S/C24H27FN2O2/c1-16-21-14-20(29-2)11-12-22(21)26-23(16)24(28)27-13-3-4-18(15-27)6-5-17-7-9-19(25)10-8-17/h7-12,14,18,26H,3-6,13,15H2,1-2H3/t18-/m1/s1. The molecular weight excluding hydrogens is 367 g/mol. The van der Waals surface area contributed by atoms with Crippen LogP contribution in [0.25, 0.3) is 10.9 Å². The number of aryl methyl sites for hydroxylation is 2. The molecule has 1 atom stereocenters. The number of amides is 1. The largest absolute Gasteiger partial charge is 0.497 e. The number of carbonyl (C=O) groups is 1. The number of aromatic amines is 1. The van der Waals surface area contributed by atoms with Crippen LogP contribution in [-0.2, 0) is 6.42 Å². The molecule has 0 unspecified atom stereocenters. The van der Waals surface area contributed by atoms with Gasteiger partial charge in [0.15, 0.2) is 0 Å². The molecule has 1 aliphatic rings. The normalized spacial score (nSPS) is 16.9. The van der Waals surface area contributed by atoms with Crippen molar-refractivity contribution in [3.63, 3.8) is 0 Å². The molecule has 3 aromatic rings. The summed E-state index contributed by atoms with van der Waals surface area (Å²) in [6.45, 7) is 3.56. The molecule has 2 heterocycles. The average molecular weight is 394 g/mol. The molecule has 2 aromatic carbocycles. The number of H-pyrrole nitrogens is 1. The third-order valence-electron chi connectivity index (χ3n) is 6.04. The minimum atomic E-state index is -0.200. The molecule has 1 fully saturated rings. The Morgan fingerprint density at radius 1 is 1.24 bits per heavy atom. The summed E-state index contributed by atoms with van der Waals surface area (Å²) in [5.41, 5.74) is 3.75. The van der Waals surface area contributed by atoms with Crippen LogP contribution in [0, 0.1) is 18.7 Å². The van der Waals surface area contributed by atoms with Gasteiger partial charge in [-0.05, 0) is 80.0 Å². The number of benzene rings is 2. The fourth-order valence-electron chi connectivity index (χ4n) is 4.31. The molecule has 5 heteroatoms. The molecule has 1 N–H and O–H groups in total. The van der Waals surface area contributed by atoms with Gasteiger partial charge in [-0.15, -0.1) is 0 Å². The fourth-order valence-corrected chi connectivity index (χ4v) is 4.31. The number of halogens is 1. The summed E-state index contributed by atoms with van der Waals surface area (Å²) in [4.78, 5) is 18.5. The van der Waals surface area contributed by atoms with Crippen LogP contribution in [-0.4, -0.2) is 36.0 Å². The van der Waals surface area contributed by atoms with E-state index in [-0.39, 0.29) is 11.7 Å². The van der Waals surface area contributed by atoms with Gasteiger partial charge >= 0.3 is 0 Å². The molecule has 0 bridgehead atoms. The van der Waals surface area contributed by atoms with E-state index in [1.54, 1.807) is 7.11 Å². The maximum atomic E-state index is 13.2. The fraction of sp³-hybridized carbons (Fsp3) is 0.375. The molecule has 4 rings (SSSR count). The summed E-state index contributed by atoms with van der Waals surface area (Å²) in [6, 6.07) is 12.6. The first-order chi connectivity index (χ1) is 14.0. The molecule has 29 heavy (non-hydrogen) atoms. The smallest absolute Gasteiger partial charge is 0.270 e. The highest BCUT2D eigenvalue weighted by molar-refractivity contribution is 6.01. The Morgan fingerprint density at radius 2 is 2.03 bits per heavy atom. The number of fused-ring (bicyclic) bond motifs is 1. The van der Waals surface area contributed by atoms with E-state index < -0.39 is 0 Å². The van der Waals surface area contributed by atoms with Gasteiger partial charge in [0, 0.05) is 24.0 Å². The zero-order valence-corrected chi connectivity index (χ0v) is 17.0. The first kappa shape index (κ1) is 19.5. The van der Waals surface area contributed by atoms with Crippen molar-refractivity contribution in [2.45, 2.75) is 32.6 Å². The Kier molecular flexibility index (Phi) is 5.56. The van der Waals surface area contributed by atoms with E-state index in [9.17, 15) is 9.18 Å². The number of likely N-dealkylation sites (tertiary alicyclic amines) is 1. The van der Waals surface area contributed by atoms with Gasteiger partial charge in [0.2, 0.25) is 0 Å². The maximum absolute atomic E-state index is 13.2. The summed E-state index contributed by atoms with van der Waals surface area (Å²) in [6.07, 6.45) is 4.08. The number of rotatable bonds is 5. The number of aromatic nitrogens is 1. The Hall–Kier alpha value is -2.82. The van der Waals surface area contributed by atoms with Gasteiger partial charge < -0.3 is 14.6 Å². The van der Waals surface area contributed by atoms with Gasteiger partial charge in [-0.25, -0.2) is 4.39 Å². The second kappa shape index (κ2) is 8.27. The van der Waals surface area contributed by atoms with Crippen molar-refractivity contribution in [1.82, 2.24) is 9.88 Å². The first-order valence-corrected chi connectivity index (χ1v) is 10.2. The zero-order chi connectivity index (χ0) is 20.4. The third kappa shape index (κ3) is 4.14. The van der Waals surface area contributed by atoms with E-state index in [0.29, 0.717) is 11.6 Å². The van der Waals surface area contributed by atoms with Crippen LogP contribution < -0.4 is 4.74 Å². The highest BCUT2D eigenvalue weighted by Gasteiger charge is 2.26. The van der Waals surface area contributed by atoms with Crippen LogP contribution in [0.3, 0.4) is 0 Å². The molecule has 1 aromatic heterocycles. The van der Waals surface area contributed by atoms with Gasteiger partial charge in [0.25, 0.3) is 5.91 Å². The van der Waals surface area contributed by atoms with Crippen molar-refractivity contribution in [2.24, 2.45) is 5.92 Å². The number of nitrogens with one attached hydrogen (secondary N) is 1. The molecule has 1 saturated heterocycles. The van der Waals surface area contributed by atoms with Crippen molar-refractivity contribution in [1.29, 1.82) is 0 Å². The summed E-state index contributed by atoms with van der Waals surface area (Å²) < 4.78 is 18.4. The van der Waals surface area contributed by atoms with Crippen molar-refractivity contribution >= 4 is 16.8 Å². The average Bonchev–Trinajstić information content (AvgIpc) is 3.09. The molecule has 0 spiro atoms. The molecule has 4 nitrogen and oxygen atoms in total. The summed E-state index contributed by atoms with van der Waals surface area (Å²) >= 11 is 0. The second-order valence-electron chi connectivity index (χ2n) is 7.96. The van der Waals surface area contributed by atoms with Gasteiger partial charge in [-0.2, -0.15) is 0 Å². The lowest BCUT2D eigenvalue weighted by Crippen LogP contribution is -2.40. The van der Waals surface area contributed by atoms with E-state index in [1.165, 1.54) is 12.1 Å². The lowest BCUT2D eigenvalue weighted by atomic mass is 9.91. The van der Waals surface area contributed by atoms with Gasteiger partial charge in [-0.3, -0.25) is 4.79 Å². The lowest BCUT2D eigenvalue weighted by molar-refractivity contribution is 0.0662. The molecule has 0 aliphatic carbocycles. The molecule has 152 valence electrons. The minimum Gasteiger partial charge on any atom is -0.497 e. The number of piperidine rings is 1. The van der Waals surface area contributed by atoms with E-state index in [2.05, 4.69) is 4.98 Å². The molecule has 1 amide bonds. The number of nitrogens with zero attached hydrogens (tertiary/aromatic N) is 1. The van der Waals surface area contributed by atoms with Crippen molar-refractivity contribution in [3.05, 3.63) is 65.1 Å². The van der Waals surface area contributed by atoms with Crippen LogP contribution in [0.4, 0.5) is 4.39 Å². The first-order valence-electron chi connectivity index (χ1n) is 10.2. The topological polar surface area (TPSA) is 45.3 Å². The minimum absolute atomic E-state index is 0.0733. The zero-order valence-electron chi connectivity index (χ0n) is 17.0. The van der Waals surface area contributed by atoms with Gasteiger partial charge in [0.05, 0.1) is 7.11 Å². The number of hydrogen-bond acceptors (Lipinski definition) is 2. The summed E-state index contributed by atoms with van der Waals surface area (Å²) in [5.74, 6) is 1.14. The molecular formula is C24H27FN2O2. The number of ether oxygens (including phenoxy) is 1. The van der Waals surface area contributed by atoms with Crippen LogP contribution in [0.1, 0.15) is 40.9 Å².